The molecule has 3 heterocycles. The van der Waals surface area contributed by atoms with Gasteiger partial charge >= 0.3 is 0 Å². The van der Waals surface area contributed by atoms with E-state index in [1.807, 2.05) is 12.1 Å². The Hall–Kier alpha value is -2.19. The van der Waals surface area contributed by atoms with Gasteiger partial charge in [0.2, 0.25) is 11.8 Å². The van der Waals surface area contributed by atoms with E-state index in [0.29, 0.717) is 46.9 Å². The van der Waals surface area contributed by atoms with E-state index in [1.54, 1.807) is 24.4 Å². The van der Waals surface area contributed by atoms with Crippen LogP contribution in [0.3, 0.4) is 0 Å². The van der Waals surface area contributed by atoms with Crippen molar-refractivity contribution in [2.45, 2.75) is 18.6 Å². The summed E-state index contributed by atoms with van der Waals surface area (Å²) in [4.78, 5) is 15.9. The highest BCUT2D eigenvalue weighted by molar-refractivity contribution is 6.42. The number of nitrogens with zero attached hydrogens (tertiary/aromatic N) is 2. The molecule has 1 amide bonds. The van der Waals surface area contributed by atoms with Gasteiger partial charge in [0.1, 0.15) is 12.2 Å². The smallest absolute Gasteiger partial charge is 0.246 e. The standard InChI is InChI=1S/C19H18Cl2N4O3/c20-13-4-3-11(8-14(13)21)18-16(10-22-6-7-27-18)28-19-12(2-1-5-23-19)15-9-17(26)25-24-15/h1-5,8,16,18,22H,6-7,9-10H2,(H,25,26)/t16-,18+/m1/s1. The average Bonchev–Trinajstić information content (AvgIpc) is 2.99. The van der Waals surface area contributed by atoms with Crippen LogP contribution in [0.5, 0.6) is 5.88 Å². The molecule has 2 aliphatic heterocycles. The first kappa shape index (κ1) is 19.1. The number of rotatable bonds is 4. The number of hydrogen-bond donors (Lipinski definition) is 2. The zero-order valence-electron chi connectivity index (χ0n) is 14.8. The minimum Gasteiger partial charge on any atom is -0.469 e. The topological polar surface area (TPSA) is 84.8 Å². The van der Waals surface area contributed by atoms with Gasteiger partial charge in [0.05, 0.1) is 34.3 Å². The van der Waals surface area contributed by atoms with Crippen LogP contribution in [-0.4, -0.2) is 42.4 Å². The van der Waals surface area contributed by atoms with Crippen molar-refractivity contribution < 1.29 is 14.3 Å². The molecule has 0 unspecified atom stereocenters. The Labute approximate surface area is 172 Å². The van der Waals surface area contributed by atoms with Crippen LogP contribution >= 0.6 is 23.2 Å². The number of nitrogens with one attached hydrogen (secondary N) is 2. The molecule has 4 rings (SSSR count). The van der Waals surface area contributed by atoms with Crippen LogP contribution in [0.2, 0.25) is 10.0 Å². The quantitative estimate of drug-likeness (QED) is 0.793. The van der Waals surface area contributed by atoms with Crippen LogP contribution in [0, 0.1) is 0 Å². The number of halogens is 2. The Bertz CT molecular complexity index is 922. The Balaban J connectivity index is 1.63. The third kappa shape index (κ3) is 4.12. The Morgan fingerprint density at radius 1 is 1.21 bits per heavy atom. The maximum absolute atomic E-state index is 11.5. The summed E-state index contributed by atoms with van der Waals surface area (Å²) in [7, 11) is 0. The van der Waals surface area contributed by atoms with Gasteiger partial charge in [-0.15, -0.1) is 0 Å². The monoisotopic (exact) mass is 420 g/mol. The zero-order chi connectivity index (χ0) is 19.5. The van der Waals surface area contributed by atoms with Crippen molar-refractivity contribution in [3.05, 3.63) is 57.7 Å². The van der Waals surface area contributed by atoms with E-state index in [4.69, 9.17) is 32.7 Å². The Kier molecular flexibility index (Phi) is 5.77. The molecule has 1 aromatic carbocycles. The molecule has 2 aromatic rings. The number of ether oxygens (including phenoxy) is 2. The SMILES string of the molecule is O=C1CC(c2cccnc2O[C@@H]2CNCCO[C@H]2c2ccc(Cl)c(Cl)c2)=NN1. The molecule has 2 atom stereocenters. The fourth-order valence-corrected chi connectivity index (χ4v) is 3.49. The highest BCUT2D eigenvalue weighted by Crippen LogP contribution is 2.32. The summed E-state index contributed by atoms with van der Waals surface area (Å²) in [5, 5.41) is 8.33. The maximum Gasteiger partial charge on any atom is 0.246 e. The number of hydrogen-bond acceptors (Lipinski definition) is 6. The first-order valence-corrected chi connectivity index (χ1v) is 9.62. The minimum atomic E-state index is -0.362. The second-order valence-electron chi connectivity index (χ2n) is 6.45. The van der Waals surface area contributed by atoms with E-state index in [1.165, 1.54) is 0 Å². The number of benzene rings is 1. The van der Waals surface area contributed by atoms with Crippen molar-refractivity contribution in [3.8, 4) is 5.88 Å². The maximum atomic E-state index is 11.5. The number of pyridine rings is 1. The number of carbonyl (C=O) groups excluding carboxylic acids is 1. The first-order chi connectivity index (χ1) is 13.6. The third-order valence-corrected chi connectivity index (χ3v) is 5.26. The second-order valence-corrected chi connectivity index (χ2v) is 7.27. The predicted octanol–water partition coefficient (Wildman–Crippen LogP) is 2.72. The fraction of sp³-hybridized carbons (Fsp3) is 0.316. The van der Waals surface area contributed by atoms with Gasteiger partial charge in [-0.1, -0.05) is 29.3 Å². The summed E-state index contributed by atoms with van der Waals surface area (Å²) in [5.74, 6) is 0.248. The molecule has 0 spiro atoms. The Morgan fingerprint density at radius 3 is 2.89 bits per heavy atom. The summed E-state index contributed by atoms with van der Waals surface area (Å²) >= 11 is 12.2. The van der Waals surface area contributed by atoms with E-state index in [9.17, 15) is 4.79 Å². The highest BCUT2D eigenvalue weighted by atomic mass is 35.5. The van der Waals surface area contributed by atoms with Gasteiger partial charge in [-0.3, -0.25) is 4.79 Å². The van der Waals surface area contributed by atoms with E-state index in [2.05, 4.69) is 20.8 Å². The van der Waals surface area contributed by atoms with Crippen LogP contribution in [0.4, 0.5) is 0 Å². The lowest BCUT2D eigenvalue weighted by Gasteiger charge is -2.26. The van der Waals surface area contributed by atoms with E-state index in [-0.39, 0.29) is 24.5 Å². The summed E-state index contributed by atoms with van der Waals surface area (Å²) in [5.41, 5.74) is 4.61. The summed E-state index contributed by atoms with van der Waals surface area (Å²) < 4.78 is 12.3. The molecule has 2 aliphatic rings. The lowest BCUT2D eigenvalue weighted by molar-refractivity contribution is -0.119. The number of carbonyl (C=O) groups is 1. The molecule has 1 aromatic heterocycles. The number of amides is 1. The van der Waals surface area contributed by atoms with Crippen LogP contribution in [0.25, 0.3) is 0 Å². The molecule has 9 heteroatoms. The molecule has 28 heavy (non-hydrogen) atoms. The van der Waals surface area contributed by atoms with Gasteiger partial charge in [-0.2, -0.15) is 5.10 Å². The van der Waals surface area contributed by atoms with Crippen LogP contribution < -0.4 is 15.5 Å². The molecule has 1 fully saturated rings. The lowest BCUT2D eigenvalue weighted by atomic mass is 10.0. The summed E-state index contributed by atoms with van der Waals surface area (Å²) in [6, 6.07) is 9.03. The largest absolute Gasteiger partial charge is 0.469 e. The van der Waals surface area contributed by atoms with Crippen LogP contribution in [0.1, 0.15) is 23.7 Å². The van der Waals surface area contributed by atoms with Gasteiger partial charge in [-0.05, 0) is 29.8 Å². The lowest BCUT2D eigenvalue weighted by Crippen LogP contribution is -2.35. The fourth-order valence-electron chi connectivity index (χ4n) is 3.18. The van der Waals surface area contributed by atoms with Crippen molar-refractivity contribution in [2.75, 3.05) is 19.7 Å². The molecule has 0 saturated carbocycles. The van der Waals surface area contributed by atoms with Gasteiger partial charge in [0.15, 0.2) is 0 Å². The van der Waals surface area contributed by atoms with Crippen molar-refractivity contribution >= 4 is 34.8 Å². The predicted molar refractivity (Wildman–Crippen MR) is 106 cm³/mol. The molecular formula is C19H18Cl2N4O3. The Morgan fingerprint density at radius 2 is 2.11 bits per heavy atom. The first-order valence-electron chi connectivity index (χ1n) is 8.86. The molecule has 2 N–H and O–H groups in total. The van der Waals surface area contributed by atoms with Crippen LogP contribution in [0.15, 0.2) is 41.6 Å². The molecular weight excluding hydrogens is 403 g/mol. The normalized spacial score (nSPS) is 22.4. The van der Waals surface area contributed by atoms with Crippen molar-refractivity contribution in [2.24, 2.45) is 5.10 Å². The van der Waals surface area contributed by atoms with Gasteiger partial charge in [0, 0.05) is 19.3 Å². The van der Waals surface area contributed by atoms with Crippen molar-refractivity contribution in [3.63, 3.8) is 0 Å². The van der Waals surface area contributed by atoms with Crippen molar-refractivity contribution in [1.82, 2.24) is 15.7 Å². The minimum absolute atomic E-state index is 0.155. The van der Waals surface area contributed by atoms with Gasteiger partial charge in [-0.25, -0.2) is 10.4 Å². The second kappa shape index (κ2) is 8.45. The highest BCUT2D eigenvalue weighted by Gasteiger charge is 2.30. The summed E-state index contributed by atoms with van der Waals surface area (Å²) in [6.45, 7) is 1.80. The van der Waals surface area contributed by atoms with E-state index >= 15 is 0 Å². The number of hydrazone groups is 1. The number of aromatic nitrogens is 1. The third-order valence-electron chi connectivity index (χ3n) is 4.52. The average molecular weight is 421 g/mol. The van der Waals surface area contributed by atoms with E-state index in [0.717, 1.165) is 5.56 Å². The van der Waals surface area contributed by atoms with Gasteiger partial charge in [0.25, 0.3) is 0 Å². The van der Waals surface area contributed by atoms with Gasteiger partial charge < -0.3 is 14.8 Å². The molecule has 0 bridgehead atoms. The molecule has 7 nitrogen and oxygen atoms in total. The van der Waals surface area contributed by atoms with Crippen molar-refractivity contribution in [1.29, 1.82) is 0 Å². The molecule has 0 radical (unpaired) electrons. The zero-order valence-corrected chi connectivity index (χ0v) is 16.3. The molecule has 1 saturated heterocycles. The van der Waals surface area contributed by atoms with E-state index < -0.39 is 0 Å². The van der Waals surface area contributed by atoms with Crippen LogP contribution in [-0.2, 0) is 9.53 Å². The molecule has 0 aliphatic carbocycles. The molecule has 146 valence electrons. The summed E-state index contributed by atoms with van der Waals surface area (Å²) in [6.07, 6.45) is 1.12.